The Morgan fingerprint density at radius 2 is 1.70 bits per heavy atom. The molecule has 1 N–H and O–H groups in total. The van der Waals surface area contributed by atoms with Crippen LogP contribution >= 0.6 is 0 Å². The lowest BCUT2D eigenvalue weighted by atomic mass is 10.1. The molecule has 1 aliphatic rings. The Balaban J connectivity index is 1.84. The van der Waals surface area contributed by atoms with Crippen LogP contribution in [0.3, 0.4) is 0 Å². The van der Waals surface area contributed by atoms with Crippen LogP contribution in [0.4, 0.5) is 14.5 Å². The first-order valence-electron chi connectivity index (χ1n) is 8.59. The van der Waals surface area contributed by atoms with Crippen molar-refractivity contribution in [2.75, 3.05) is 31.1 Å². The maximum Gasteiger partial charge on any atom is 0.315 e. The monoisotopic (exact) mass is 378 g/mol. The van der Waals surface area contributed by atoms with Crippen molar-refractivity contribution in [1.29, 1.82) is 0 Å². The van der Waals surface area contributed by atoms with Gasteiger partial charge in [-0.15, -0.1) is 0 Å². The molecule has 2 aromatic rings. The predicted molar refractivity (Wildman–Crippen MR) is 95.0 cm³/mol. The Labute approximate surface area is 154 Å². The Morgan fingerprint density at radius 1 is 1.11 bits per heavy atom. The number of nitrogens with zero attached hydrogens (tertiary/aromatic N) is 4. The van der Waals surface area contributed by atoms with Crippen molar-refractivity contribution in [3.05, 3.63) is 46.4 Å². The van der Waals surface area contributed by atoms with E-state index < -0.39 is 22.9 Å². The summed E-state index contributed by atoms with van der Waals surface area (Å²) in [6.45, 7) is 5.47. The van der Waals surface area contributed by atoms with Gasteiger partial charge in [0.1, 0.15) is 17.3 Å². The number of rotatable bonds is 3. The highest BCUT2D eigenvalue weighted by Crippen LogP contribution is 2.24. The van der Waals surface area contributed by atoms with Crippen LogP contribution in [0.25, 0.3) is 5.69 Å². The minimum Gasteiger partial charge on any atom is -0.501 e. The third kappa shape index (κ3) is 3.76. The first kappa shape index (κ1) is 18.8. The van der Waals surface area contributed by atoms with E-state index in [0.717, 1.165) is 16.8 Å². The van der Waals surface area contributed by atoms with Crippen LogP contribution < -0.4 is 10.5 Å². The number of aromatic hydroxyl groups is 1. The number of piperazine rings is 1. The molecule has 0 unspecified atom stereocenters. The fourth-order valence-corrected chi connectivity index (χ4v) is 3.05. The van der Waals surface area contributed by atoms with E-state index in [1.54, 1.807) is 9.80 Å². The molecular weight excluding hydrogens is 358 g/mol. The molecule has 0 spiro atoms. The average molecular weight is 378 g/mol. The number of halogens is 2. The molecule has 3 rings (SSSR count). The van der Waals surface area contributed by atoms with Gasteiger partial charge in [0.05, 0.1) is 11.9 Å². The molecule has 1 amide bonds. The van der Waals surface area contributed by atoms with Gasteiger partial charge in [0.15, 0.2) is 0 Å². The summed E-state index contributed by atoms with van der Waals surface area (Å²) in [5, 5.41) is 14.2. The number of amides is 1. The summed E-state index contributed by atoms with van der Waals surface area (Å²) in [6, 6.07) is 2.58. The average Bonchev–Trinajstić information content (AvgIpc) is 2.62. The molecule has 1 saturated heterocycles. The van der Waals surface area contributed by atoms with Gasteiger partial charge in [-0.25, -0.2) is 8.78 Å². The Kier molecular flexibility index (Phi) is 5.11. The minimum absolute atomic E-state index is 0.0561. The third-order valence-corrected chi connectivity index (χ3v) is 4.45. The minimum atomic E-state index is -0.877. The van der Waals surface area contributed by atoms with Crippen LogP contribution in [0.5, 0.6) is 5.75 Å². The predicted octanol–water partition coefficient (Wildman–Crippen LogP) is 1.52. The van der Waals surface area contributed by atoms with Crippen molar-refractivity contribution in [3.8, 4) is 11.4 Å². The van der Waals surface area contributed by atoms with Gasteiger partial charge in [-0.2, -0.15) is 9.78 Å². The van der Waals surface area contributed by atoms with Crippen LogP contribution in [0.2, 0.25) is 0 Å². The van der Waals surface area contributed by atoms with E-state index in [1.807, 2.05) is 13.8 Å². The summed E-state index contributed by atoms with van der Waals surface area (Å²) in [5.74, 6) is -2.30. The number of carbonyl (C=O) groups excluding carboxylic acids is 1. The number of hydrogen-bond acceptors (Lipinski definition) is 5. The normalized spacial score (nSPS) is 14.7. The topological polar surface area (TPSA) is 78.7 Å². The highest BCUT2D eigenvalue weighted by molar-refractivity contribution is 5.78. The second-order valence-corrected chi connectivity index (χ2v) is 6.69. The quantitative estimate of drug-likeness (QED) is 0.876. The number of anilines is 1. The zero-order chi connectivity index (χ0) is 19.7. The van der Waals surface area contributed by atoms with Gasteiger partial charge >= 0.3 is 5.56 Å². The summed E-state index contributed by atoms with van der Waals surface area (Å²) in [6.07, 6.45) is 1.28. The van der Waals surface area contributed by atoms with Gasteiger partial charge < -0.3 is 14.9 Å². The molecule has 1 aromatic carbocycles. The maximum absolute atomic E-state index is 13.4. The van der Waals surface area contributed by atoms with E-state index >= 15 is 0 Å². The Hall–Kier alpha value is -2.97. The number of benzene rings is 1. The summed E-state index contributed by atoms with van der Waals surface area (Å²) in [7, 11) is 0. The maximum atomic E-state index is 13.4. The van der Waals surface area contributed by atoms with Crippen molar-refractivity contribution >= 4 is 11.6 Å². The van der Waals surface area contributed by atoms with E-state index in [-0.39, 0.29) is 23.2 Å². The van der Waals surface area contributed by atoms with Crippen molar-refractivity contribution in [3.63, 3.8) is 0 Å². The molecule has 0 radical (unpaired) electrons. The number of aromatic nitrogens is 2. The first-order valence-corrected chi connectivity index (χ1v) is 8.59. The van der Waals surface area contributed by atoms with Crippen LogP contribution in [0.1, 0.15) is 13.8 Å². The lowest BCUT2D eigenvalue weighted by Gasteiger charge is -2.36. The van der Waals surface area contributed by atoms with Crippen LogP contribution in [0.15, 0.2) is 29.2 Å². The molecule has 9 heteroatoms. The Bertz CT molecular complexity index is 901. The lowest BCUT2D eigenvalue weighted by Crippen LogP contribution is -2.50. The summed E-state index contributed by atoms with van der Waals surface area (Å²) in [5.41, 5.74) is -0.769. The van der Waals surface area contributed by atoms with Gasteiger partial charge in [-0.1, -0.05) is 13.8 Å². The van der Waals surface area contributed by atoms with Gasteiger partial charge in [0.25, 0.3) is 0 Å². The SMILES string of the molecule is CC(C)C(=O)N1CCN(c2cnn(-c3cc(F)cc(F)c3)c(=O)c2O)CC1. The molecule has 27 heavy (non-hydrogen) atoms. The second-order valence-electron chi connectivity index (χ2n) is 6.69. The van der Waals surface area contributed by atoms with Crippen molar-refractivity contribution in [2.24, 2.45) is 5.92 Å². The van der Waals surface area contributed by atoms with Crippen LogP contribution in [-0.4, -0.2) is 51.9 Å². The van der Waals surface area contributed by atoms with Crippen LogP contribution in [0, 0.1) is 17.6 Å². The summed E-state index contributed by atoms with van der Waals surface area (Å²) >= 11 is 0. The molecule has 7 nitrogen and oxygen atoms in total. The van der Waals surface area contributed by atoms with E-state index in [4.69, 9.17) is 0 Å². The van der Waals surface area contributed by atoms with E-state index in [9.17, 15) is 23.5 Å². The largest absolute Gasteiger partial charge is 0.501 e. The molecule has 2 heterocycles. The summed E-state index contributed by atoms with van der Waals surface area (Å²) in [4.78, 5) is 28.0. The van der Waals surface area contributed by atoms with Crippen molar-refractivity contribution in [2.45, 2.75) is 13.8 Å². The molecule has 0 atom stereocenters. The highest BCUT2D eigenvalue weighted by Gasteiger charge is 2.25. The third-order valence-electron chi connectivity index (χ3n) is 4.45. The van der Waals surface area contributed by atoms with E-state index in [0.29, 0.717) is 32.2 Å². The standard InChI is InChI=1S/C18H20F2N4O3/c1-11(2)17(26)23-5-3-22(4-6-23)15-10-21-24(18(27)16(15)25)14-8-12(19)7-13(20)9-14/h7-11,25H,3-6H2,1-2H3. The van der Waals surface area contributed by atoms with Gasteiger partial charge in [-0.05, 0) is 12.1 Å². The first-order chi connectivity index (χ1) is 12.8. The number of carbonyl (C=O) groups is 1. The van der Waals surface area contributed by atoms with Gasteiger partial charge in [0, 0.05) is 38.2 Å². The van der Waals surface area contributed by atoms with Gasteiger partial charge in [-0.3, -0.25) is 9.59 Å². The molecule has 1 aliphatic heterocycles. The fourth-order valence-electron chi connectivity index (χ4n) is 3.05. The molecular formula is C18H20F2N4O3. The molecule has 0 aliphatic carbocycles. The molecule has 1 aromatic heterocycles. The zero-order valence-corrected chi connectivity index (χ0v) is 15.0. The Morgan fingerprint density at radius 3 is 2.26 bits per heavy atom. The smallest absolute Gasteiger partial charge is 0.315 e. The molecule has 144 valence electrons. The molecule has 1 fully saturated rings. The second kappa shape index (κ2) is 7.34. The summed E-state index contributed by atoms with van der Waals surface area (Å²) < 4.78 is 27.5. The van der Waals surface area contributed by atoms with Gasteiger partial charge in [0.2, 0.25) is 11.7 Å². The van der Waals surface area contributed by atoms with Crippen molar-refractivity contribution in [1.82, 2.24) is 14.7 Å². The lowest BCUT2D eigenvalue weighted by molar-refractivity contribution is -0.134. The van der Waals surface area contributed by atoms with Crippen LogP contribution in [-0.2, 0) is 4.79 Å². The molecule has 0 bridgehead atoms. The molecule has 0 saturated carbocycles. The van der Waals surface area contributed by atoms with Crippen molar-refractivity contribution < 1.29 is 18.7 Å². The number of hydrogen-bond donors (Lipinski definition) is 1. The fraction of sp³-hybridized carbons (Fsp3) is 0.389. The highest BCUT2D eigenvalue weighted by atomic mass is 19.1. The zero-order valence-electron chi connectivity index (χ0n) is 15.0. The van der Waals surface area contributed by atoms with E-state index in [2.05, 4.69) is 5.10 Å². The van der Waals surface area contributed by atoms with E-state index in [1.165, 1.54) is 6.20 Å².